The molecule has 0 atom stereocenters. The lowest BCUT2D eigenvalue weighted by Gasteiger charge is -2.30. The van der Waals surface area contributed by atoms with Gasteiger partial charge in [0.1, 0.15) is 4.21 Å². The van der Waals surface area contributed by atoms with E-state index in [-0.39, 0.29) is 34.2 Å². The quantitative estimate of drug-likeness (QED) is 0.608. The first-order chi connectivity index (χ1) is 14.9. The van der Waals surface area contributed by atoms with Gasteiger partial charge in [-0.1, -0.05) is 44.5 Å². The van der Waals surface area contributed by atoms with Crippen molar-refractivity contribution in [3.05, 3.63) is 50.9 Å². The Hall–Kier alpha value is -1.94. The van der Waals surface area contributed by atoms with Gasteiger partial charge in [0.05, 0.1) is 19.2 Å². The number of fused-ring (bicyclic) bond motifs is 1. The first kappa shape index (κ1) is 24.7. The van der Waals surface area contributed by atoms with E-state index in [1.54, 1.807) is 29.2 Å². The van der Waals surface area contributed by atoms with Crippen molar-refractivity contribution < 1.29 is 22.7 Å². The first-order valence-electron chi connectivity index (χ1n) is 10.2. The normalized spacial score (nSPS) is 14.2. The van der Waals surface area contributed by atoms with Crippen molar-refractivity contribution in [3.63, 3.8) is 0 Å². The maximum Gasteiger partial charge on any atom is 0.340 e. The molecule has 0 radical (unpaired) electrons. The summed E-state index contributed by atoms with van der Waals surface area (Å²) in [5.41, 5.74) is 1.25. The van der Waals surface area contributed by atoms with Crippen LogP contribution < -0.4 is 4.72 Å². The third kappa shape index (κ3) is 5.70. The van der Waals surface area contributed by atoms with Crippen LogP contribution in [0.2, 0.25) is 5.02 Å². The molecule has 2 heterocycles. The van der Waals surface area contributed by atoms with Crippen molar-refractivity contribution in [1.29, 1.82) is 0 Å². The van der Waals surface area contributed by atoms with Gasteiger partial charge in [-0.05, 0) is 35.1 Å². The van der Waals surface area contributed by atoms with E-state index in [4.69, 9.17) is 16.3 Å². The number of carbonyl (C=O) groups is 2. The van der Waals surface area contributed by atoms with E-state index in [9.17, 15) is 18.0 Å². The van der Waals surface area contributed by atoms with Crippen LogP contribution in [0, 0.1) is 5.41 Å². The van der Waals surface area contributed by atoms with Gasteiger partial charge in [0, 0.05) is 29.4 Å². The van der Waals surface area contributed by atoms with E-state index in [0.717, 1.165) is 11.3 Å². The van der Waals surface area contributed by atoms with Crippen LogP contribution >= 0.6 is 22.9 Å². The number of sulfonamides is 1. The Balaban J connectivity index is 1.90. The van der Waals surface area contributed by atoms with Gasteiger partial charge in [0.2, 0.25) is 5.91 Å². The average molecular weight is 499 g/mol. The molecule has 0 saturated heterocycles. The second-order valence-corrected chi connectivity index (χ2v) is 12.4. The van der Waals surface area contributed by atoms with Crippen molar-refractivity contribution in [1.82, 2.24) is 9.62 Å². The van der Waals surface area contributed by atoms with Gasteiger partial charge < -0.3 is 9.64 Å². The van der Waals surface area contributed by atoms with E-state index in [1.165, 1.54) is 7.11 Å². The van der Waals surface area contributed by atoms with Crippen LogP contribution in [0.5, 0.6) is 0 Å². The fourth-order valence-corrected chi connectivity index (χ4v) is 6.72. The summed E-state index contributed by atoms with van der Waals surface area (Å²) in [6, 6.07) is 6.87. The Bertz CT molecular complexity index is 1140. The molecule has 10 heteroatoms. The van der Waals surface area contributed by atoms with Crippen LogP contribution in [0.25, 0.3) is 0 Å². The molecule has 1 aromatic carbocycles. The molecule has 0 unspecified atom stereocenters. The number of benzene rings is 1. The lowest BCUT2D eigenvalue weighted by Crippen LogP contribution is -2.37. The number of ether oxygens (including phenoxy) is 1. The molecule has 3 rings (SSSR count). The molecule has 1 N–H and O–H groups in total. The molecule has 0 fully saturated rings. The third-order valence-electron chi connectivity index (χ3n) is 5.05. The van der Waals surface area contributed by atoms with Gasteiger partial charge >= 0.3 is 5.97 Å². The molecule has 0 saturated carbocycles. The molecule has 0 aliphatic carbocycles. The smallest absolute Gasteiger partial charge is 0.340 e. The molecule has 0 spiro atoms. The lowest BCUT2D eigenvalue weighted by molar-refractivity contribution is -0.133. The van der Waals surface area contributed by atoms with Gasteiger partial charge in [-0.3, -0.25) is 4.79 Å². The Morgan fingerprint density at radius 1 is 1.28 bits per heavy atom. The number of nitrogens with one attached hydrogen (secondary N) is 1. The number of esters is 1. The van der Waals surface area contributed by atoms with Crippen molar-refractivity contribution in [2.75, 3.05) is 13.7 Å². The van der Waals surface area contributed by atoms with Gasteiger partial charge in [-0.15, -0.1) is 11.3 Å². The Morgan fingerprint density at radius 3 is 2.62 bits per heavy atom. The molecular formula is C22H27ClN2O5S2. The zero-order chi connectivity index (χ0) is 23.7. The highest BCUT2D eigenvalue weighted by Gasteiger charge is 2.35. The van der Waals surface area contributed by atoms with E-state index >= 15 is 0 Å². The largest absolute Gasteiger partial charge is 0.465 e. The maximum absolute atomic E-state index is 13.1. The summed E-state index contributed by atoms with van der Waals surface area (Å²) in [6.45, 7) is 6.73. The van der Waals surface area contributed by atoms with E-state index in [1.807, 2.05) is 20.8 Å². The number of halogens is 1. The Kier molecular flexibility index (Phi) is 7.34. The van der Waals surface area contributed by atoms with Gasteiger partial charge in [-0.25, -0.2) is 17.9 Å². The van der Waals surface area contributed by atoms with Crippen LogP contribution in [0.3, 0.4) is 0 Å². The minimum Gasteiger partial charge on any atom is -0.465 e. The number of carbonyl (C=O) groups excluding carboxylic acids is 2. The van der Waals surface area contributed by atoms with Crippen molar-refractivity contribution in [3.8, 4) is 0 Å². The topological polar surface area (TPSA) is 92.8 Å². The summed E-state index contributed by atoms with van der Waals surface area (Å²) < 4.78 is 33.6. The molecule has 7 nitrogen and oxygen atoms in total. The number of amides is 1. The molecule has 32 heavy (non-hydrogen) atoms. The molecule has 0 bridgehead atoms. The molecule has 2 aromatic rings. The number of methoxy groups -OCH3 is 1. The Labute approximate surface area is 197 Å². The number of thiophene rings is 1. The molecule has 1 amide bonds. The van der Waals surface area contributed by atoms with Gasteiger partial charge in [-0.2, -0.15) is 0 Å². The third-order valence-corrected chi connectivity index (χ3v) is 8.42. The van der Waals surface area contributed by atoms with Gasteiger partial charge in [0.25, 0.3) is 10.0 Å². The zero-order valence-electron chi connectivity index (χ0n) is 18.5. The molecular weight excluding hydrogens is 472 g/mol. The summed E-state index contributed by atoms with van der Waals surface area (Å²) in [6.07, 6.45) is 0.792. The summed E-state index contributed by atoms with van der Waals surface area (Å²) in [5, 5.41) is 0.503. The fourth-order valence-electron chi connectivity index (χ4n) is 3.55. The fraction of sp³-hybridized carbons (Fsp3) is 0.455. The number of hydrogen-bond donors (Lipinski definition) is 1. The van der Waals surface area contributed by atoms with E-state index in [2.05, 4.69) is 4.72 Å². The molecule has 174 valence electrons. The van der Waals surface area contributed by atoms with Crippen LogP contribution in [0.15, 0.2) is 28.5 Å². The van der Waals surface area contributed by atoms with Crippen molar-refractivity contribution in [2.45, 2.75) is 50.9 Å². The van der Waals surface area contributed by atoms with Crippen LogP contribution in [-0.4, -0.2) is 38.8 Å². The predicted molar refractivity (Wildman–Crippen MR) is 124 cm³/mol. The highest BCUT2D eigenvalue weighted by Crippen LogP contribution is 2.37. The van der Waals surface area contributed by atoms with Crippen LogP contribution in [-0.2, 0) is 39.1 Å². The first-order valence-corrected chi connectivity index (χ1v) is 12.8. The zero-order valence-corrected chi connectivity index (χ0v) is 20.9. The van der Waals surface area contributed by atoms with E-state index in [0.29, 0.717) is 40.4 Å². The minimum atomic E-state index is -4.00. The Morgan fingerprint density at radius 2 is 2.00 bits per heavy atom. The summed E-state index contributed by atoms with van der Waals surface area (Å²) in [7, 11) is -2.77. The summed E-state index contributed by atoms with van der Waals surface area (Å²) in [5.74, 6) is -0.681. The molecule has 1 aromatic heterocycles. The number of hydrogen-bond acceptors (Lipinski definition) is 6. The number of rotatable bonds is 6. The van der Waals surface area contributed by atoms with Crippen molar-refractivity contribution >= 4 is 44.8 Å². The van der Waals surface area contributed by atoms with Crippen LogP contribution in [0.4, 0.5) is 0 Å². The van der Waals surface area contributed by atoms with Crippen molar-refractivity contribution in [2.24, 2.45) is 5.41 Å². The molecule has 1 aliphatic rings. The number of nitrogens with zero attached hydrogens (tertiary/aromatic N) is 1. The average Bonchev–Trinajstić information content (AvgIpc) is 3.10. The van der Waals surface area contributed by atoms with Crippen LogP contribution in [0.1, 0.15) is 53.6 Å². The highest BCUT2D eigenvalue weighted by atomic mass is 35.5. The molecule has 1 aliphatic heterocycles. The van der Waals surface area contributed by atoms with E-state index < -0.39 is 16.0 Å². The summed E-state index contributed by atoms with van der Waals surface area (Å²) >= 11 is 7.00. The van der Waals surface area contributed by atoms with Gasteiger partial charge in [0.15, 0.2) is 0 Å². The highest BCUT2D eigenvalue weighted by molar-refractivity contribution is 7.91. The SMILES string of the molecule is COC(=O)c1c(S(=O)(=O)NCc2cccc(Cl)c2)sc2c1CCN(C(=O)CC(C)(C)C)C2. The predicted octanol–water partition coefficient (Wildman–Crippen LogP) is 3.99. The monoisotopic (exact) mass is 498 g/mol. The standard InChI is InChI=1S/C22H27ClN2O5S2/c1-22(2,3)11-18(26)25-9-8-16-17(13-25)31-21(19(16)20(27)30-4)32(28,29)24-12-14-6-5-7-15(23)10-14/h5-7,10,24H,8-9,11-13H2,1-4H3. The maximum atomic E-state index is 13.1. The lowest BCUT2D eigenvalue weighted by atomic mass is 9.91. The second-order valence-electron chi connectivity index (χ2n) is 8.92. The minimum absolute atomic E-state index is 0.0136. The summed E-state index contributed by atoms with van der Waals surface area (Å²) in [4.78, 5) is 27.6. The second kappa shape index (κ2) is 9.51.